The van der Waals surface area contributed by atoms with E-state index in [2.05, 4.69) is 10.1 Å². The molecule has 4 nitrogen and oxygen atoms in total. The molecule has 2 N–H and O–H groups in total. The number of hydrogen-bond acceptors (Lipinski definition) is 4. The first kappa shape index (κ1) is 11.6. The SMILES string of the molecule is COC(=O)C(=N)/C=C1\NCCCC1(F)F. The largest absolute Gasteiger partial charge is 0.464 e. The van der Waals surface area contributed by atoms with Gasteiger partial charge in [-0.25, -0.2) is 4.79 Å². The molecular weight excluding hydrogens is 206 g/mol. The van der Waals surface area contributed by atoms with Crippen LogP contribution >= 0.6 is 0 Å². The summed E-state index contributed by atoms with van der Waals surface area (Å²) in [6, 6.07) is 0. The lowest BCUT2D eigenvalue weighted by Crippen LogP contribution is -2.37. The fourth-order valence-electron chi connectivity index (χ4n) is 1.27. The van der Waals surface area contributed by atoms with E-state index < -0.39 is 17.6 Å². The maximum absolute atomic E-state index is 13.2. The summed E-state index contributed by atoms with van der Waals surface area (Å²) in [4.78, 5) is 10.8. The average Bonchev–Trinajstić information content (AvgIpc) is 2.19. The number of rotatable bonds is 2. The van der Waals surface area contributed by atoms with Crippen molar-refractivity contribution in [3.63, 3.8) is 0 Å². The quantitative estimate of drug-likeness (QED) is 0.538. The summed E-state index contributed by atoms with van der Waals surface area (Å²) in [5.41, 5.74) is -0.967. The molecule has 0 amide bonds. The fraction of sp³-hybridized carbons (Fsp3) is 0.556. The minimum absolute atomic E-state index is 0.264. The normalized spacial score (nSPS) is 21.9. The molecule has 15 heavy (non-hydrogen) atoms. The van der Waals surface area contributed by atoms with Gasteiger partial charge in [0.05, 0.1) is 12.8 Å². The van der Waals surface area contributed by atoms with Gasteiger partial charge in [0.15, 0.2) is 0 Å². The van der Waals surface area contributed by atoms with Crippen LogP contribution in [0.15, 0.2) is 11.8 Å². The van der Waals surface area contributed by atoms with Crippen LogP contribution < -0.4 is 5.32 Å². The number of allylic oxidation sites excluding steroid dienone is 1. The van der Waals surface area contributed by atoms with Crippen molar-refractivity contribution in [2.45, 2.75) is 18.8 Å². The number of nitrogens with one attached hydrogen (secondary N) is 2. The molecule has 0 aromatic rings. The maximum Gasteiger partial charge on any atom is 0.355 e. The molecule has 0 saturated carbocycles. The van der Waals surface area contributed by atoms with E-state index in [1.54, 1.807) is 0 Å². The van der Waals surface area contributed by atoms with Crippen LogP contribution in [0.3, 0.4) is 0 Å². The molecule has 0 unspecified atom stereocenters. The van der Waals surface area contributed by atoms with Gasteiger partial charge in [0.2, 0.25) is 0 Å². The third kappa shape index (κ3) is 2.74. The standard InChI is InChI=1S/C9H12F2N2O2/c1-15-8(14)6(12)5-7-9(10,11)3-2-4-13-7/h5,12-13H,2-4H2,1H3/b7-5-,12-6?. The number of alkyl halides is 2. The van der Waals surface area contributed by atoms with Gasteiger partial charge >= 0.3 is 5.97 Å². The first-order chi connectivity index (χ1) is 6.97. The van der Waals surface area contributed by atoms with Gasteiger partial charge in [-0.2, -0.15) is 8.78 Å². The Hall–Kier alpha value is -1.46. The van der Waals surface area contributed by atoms with Crippen molar-refractivity contribution in [2.24, 2.45) is 0 Å². The molecule has 0 bridgehead atoms. The molecule has 1 fully saturated rings. The summed E-state index contributed by atoms with van der Waals surface area (Å²) < 4.78 is 30.7. The smallest absolute Gasteiger partial charge is 0.355 e. The Bertz CT molecular complexity index is 313. The first-order valence-electron chi connectivity index (χ1n) is 4.48. The summed E-state index contributed by atoms with van der Waals surface area (Å²) in [7, 11) is 1.10. The van der Waals surface area contributed by atoms with Crippen molar-refractivity contribution in [3.05, 3.63) is 11.8 Å². The minimum atomic E-state index is -2.99. The Balaban J connectivity index is 2.81. The Kier molecular flexibility index (Phi) is 3.39. The molecule has 1 rings (SSSR count). The van der Waals surface area contributed by atoms with Gasteiger partial charge in [-0.3, -0.25) is 5.41 Å². The zero-order valence-corrected chi connectivity index (χ0v) is 8.27. The summed E-state index contributed by atoms with van der Waals surface area (Å²) >= 11 is 0. The van der Waals surface area contributed by atoms with Crippen molar-refractivity contribution in [2.75, 3.05) is 13.7 Å². The van der Waals surface area contributed by atoms with E-state index in [1.165, 1.54) is 0 Å². The van der Waals surface area contributed by atoms with E-state index in [1.807, 2.05) is 0 Å². The van der Waals surface area contributed by atoms with Gasteiger partial charge in [-0.1, -0.05) is 0 Å². The fourth-order valence-corrected chi connectivity index (χ4v) is 1.27. The lowest BCUT2D eigenvalue weighted by Gasteiger charge is -2.26. The molecule has 1 aliphatic rings. The van der Waals surface area contributed by atoms with Crippen LogP contribution in [0.1, 0.15) is 12.8 Å². The number of carbonyl (C=O) groups excluding carboxylic acids is 1. The molecule has 84 valence electrons. The van der Waals surface area contributed by atoms with E-state index in [0.717, 1.165) is 13.2 Å². The summed E-state index contributed by atoms with van der Waals surface area (Å²) in [6.45, 7) is 0.426. The summed E-state index contributed by atoms with van der Waals surface area (Å²) in [5.74, 6) is -3.91. The van der Waals surface area contributed by atoms with Crippen molar-refractivity contribution < 1.29 is 18.3 Å². The predicted octanol–water partition coefficient (Wildman–Crippen LogP) is 1.08. The van der Waals surface area contributed by atoms with Gasteiger partial charge < -0.3 is 10.1 Å². The molecule has 1 aliphatic heterocycles. The van der Waals surface area contributed by atoms with E-state index >= 15 is 0 Å². The highest BCUT2D eigenvalue weighted by Crippen LogP contribution is 2.30. The number of carbonyl (C=O) groups is 1. The molecule has 0 aliphatic carbocycles. The number of ether oxygens (including phenoxy) is 1. The van der Waals surface area contributed by atoms with Crippen molar-refractivity contribution in [3.8, 4) is 0 Å². The third-order valence-electron chi connectivity index (χ3n) is 2.07. The zero-order valence-electron chi connectivity index (χ0n) is 8.27. The number of esters is 1. The zero-order chi connectivity index (χ0) is 11.5. The number of piperidine rings is 1. The predicted molar refractivity (Wildman–Crippen MR) is 50.0 cm³/mol. The van der Waals surface area contributed by atoms with E-state index in [9.17, 15) is 13.6 Å². The second kappa shape index (κ2) is 4.37. The number of hydrogen-bond donors (Lipinski definition) is 2. The molecule has 0 atom stereocenters. The monoisotopic (exact) mass is 218 g/mol. The van der Waals surface area contributed by atoms with Crippen LogP contribution in [-0.2, 0) is 9.53 Å². The molecule has 6 heteroatoms. The second-order valence-corrected chi connectivity index (χ2v) is 3.20. The summed E-state index contributed by atoms with van der Waals surface area (Å²) in [6.07, 6.45) is 0.932. The van der Waals surface area contributed by atoms with Crippen molar-refractivity contribution in [1.82, 2.24) is 5.32 Å². The number of halogens is 2. The molecule has 0 radical (unpaired) electrons. The topological polar surface area (TPSA) is 62.2 Å². The van der Waals surface area contributed by atoms with Gasteiger partial charge in [0.25, 0.3) is 5.92 Å². The molecular formula is C9H12F2N2O2. The minimum Gasteiger partial charge on any atom is -0.464 e. The lowest BCUT2D eigenvalue weighted by molar-refractivity contribution is -0.132. The van der Waals surface area contributed by atoms with Crippen LogP contribution in [0.25, 0.3) is 0 Å². The van der Waals surface area contributed by atoms with Crippen LogP contribution in [0.4, 0.5) is 8.78 Å². The van der Waals surface area contributed by atoms with Crippen LogP contribution in [0.2, 0.25) is 0 Å². The Morgan fingerprint density at radius 2 is 2.33 bits per heavy atom. The molecule has 0 aromatic heterocycles. The van der Waals surface area contributed by atoms with E-state index in [4.69, 9.17) is 5.41 Å². The molecule has 0 aromatic carbocycles. The molecule has 1 heterocycles. The Labute approximate surface area is 85.8 Å². The van der Waals surface area contributed by atoms with E-state index in [0.29, 0.717) is 13.0 Å². The molecule has 1 saturated heterocycles. The van der Waals surface area contributed by atoms with Gasteiger partial charge in [-0.05, 0) is 12.5 Å². The first-order valence-corrected chi connectivity index (χ1v) is 4.48. The highest BCUT2D eigenvalue weighted by atomic mass is 19.3. The van der Waals surface area contributed by atoms with Crippen molar-refractivity contribution in [1.29, 1.82) is 5.41 Å². The van der Waals surface area contributed by atoms with E-state index in [-0.39, 0.29) is 12.1 Å². The van der Waals surface area contributed by atoms with Gasteiger partial charge in [0.1, 0.15) is 5.71 Å². The van der Waals surface area contributed by atoms with Crippen LogP contribution in [0, 0.1) is 5.41 Å². The maximum atomic E-state index is 13.2. The van der Waals surface area contributed by atoms with Gasteiger partial charge in [0, 0.05) is 13.0 Å². The second-order valence-electron chi connectivity index (χ2n) is 3.20. The number of methoxy groups -OCH3 is 1. The third-order valence-corrected chi connectivity index (χ3v) is 2.07. The average molecular weight is 218 g/mol. The highest BCUT2D eigenvalue weighted by Gasteiger charge is 2.36. The highest BCUT2D eigenvalue weighted by molar-refractivity contribution is 6.39. The van der Waals surface area contributed by atoms with Gasteiger partial charge in [-0.15, -0.1) is 0 Å². The van der Waals surface area contributed by atoms with Crippen LogP contribution in [0.5, 0.6) is 0 Å². The van der Waals surface area contributed by atoms with Crippen LogP contribution in [-0.4, -0.2) is 31.3 Å². The Morgan fingerprint density at radius 1 is 1.67 bits per heavy atom. The van der Waals surface area contributed by atoms with Crippen molar-refractivity contribution >= 4 is 11.7 Å². The molecule has 0 spiro atoms. The lowest BCUT2D eigenvalue weighted by atomic mass is 10.0. The Morgan fingerprint density at radius 3 is 2.87 bits per heavy atom. The summed E-state index contributed by atoms with van der Waals surface area (Å²) in [5, 5.41) is 9.67.